The predicted octanol–water partition coefficient (Wildman–Crippen LogP) is 5.85. The Labute approximate surface area is 226 Å². The van der Waals surface area contributed by atoms with Crippen LogP contribution >= 0.6 is 23.2 Å². The fourth-order valence-electron chi connectivity index (χ4n) is 4.24. The third kappa shape index (κ3) is 5.64. The van der Waals surface area contributed by atoms with Crippen molar-refractivity contribution < 1.29 is 13.2 Å². The van der Waals surface area contributed by atoms with Gasteiger partial charge in [-0.25, -0.2) is 13.4 Å². The number of hydrogen-bond acceptors (Lipinski definition) is 7. The lowest BCUT2D eigenvalue weighted by Gasteiger charge is -2.26. The Morgan fingerprint density at radius 1 is 1.03 bits per heavy atom. The minimum atomic E-state index is -2.55. The Balaban J connectivity index is 1.44. The topological polar surface area (TPSA) is 96.2 Å². The SMILES string of the molecule is N#Cc1cc(N(c2ccc(-c3ccc4nc(C[SH](=O)=O)cnc4c3)cc2)C2CC2)cc(Cl)c1OCCCl. The summed E-state index contributed by atoms with van der Waals surface area (Å²) in [6, 6.07) is 20.1. The van der Waals surface area contributed by atoms with Crippen molar-refractivity contribution in [3.05, 3.63) is 77.1 Å². The van der Waals surface area contributed by atoms with E-state index in [0.29, 0.717) is 45.0 Å². The molecular weight excluding hydrogens is 531 g/mol. The summed E-state index contributed by atoms with van der Waals surface area (Å²) < 4.78 is 27.6. The maximum absolute atomic E-state index is 11.0. The third-order valence-corrected chi connectivity index (χ3v) is 7.04. The van der Waals surface area contributed by atoms with E-state index in [2.05, 4.69) is 33.1 Å². The first kappa shape index (κ1) is 25.3. The molecule has 7 nitrogen and oxygen atoms in total. The van der Waals surface area contributed by atoms with Crippen molar-refractivity contribution in [2.75, 3.05) is 17.4 Å². The summed E-state index contributed by atoms with van der Waals surface area (Å²) in [5, 5.41) is 10.1. The molecule has 1 aliphatic rings. The zero-order valence-corrected chi connectivity index (χ0v) is 22.0. The van der Waals surface area contributed by atoms with Crippen molar-refractivity contribution >= 4 is 56.3 Å². The van der Waals surface area contributed by atoms with E-state index in [1.807, 2.05) is 36.4 Å². The molecule has 0 amide bonds. The summed E-state index contributed by atoms with van der Waals surface area (Å²) in [5.41, 5.74) is 5.97. The second-order valence-corrected chi connectivity index (χ2v) is 10.4. The van der Waals surface area contributed by atoms with E-state index in [4.69, 9.17) is 27.9 Å². The quantitative estimate of drug-likeness (QED) is 0.205. The maximum atomic E-state index is 11.0. The number of fused-ring (bicyclic) bond motifs is 1. The summed E-state index contributed by atoms with van der Waals surface area (Å²) in [5.74, 6) is 0.537. The van der Waals surface area contributed by atoms with Crippen LogP contribution in [0, 0.1) is 11.3 Å². The van der Waals surface area contributed by atoms with Gasteiger partial charge in [-0.05, 0) is 60.4 Å². The first-order chi connectivity index (χ1) is 18.0. The number of rotatable bonds is 9. The highest BCUT2D eigenvalue weighted by Crippen LogP contribution is 2.42. The molecule has 0 saturated heterocycles. The van der Waals surface area contributed by atoms with Gasteiger partial charge in [-0.3, -0.25) is 4.98 Å². The van der Waals surface area contributed by atoms with Gasteiger partial charge in [0.1, 0.15) is 23.4 Å². The molecule has 0 bridgehead atoms. The number of halogens is 2. The van der Waals surface area contributed by atoms with E-state index < -0.39 is 10.7 Å². The van der Waals surface area contributed by atoms with E-state index in [9.17, 15) is 13.7 Å². The number of aromatic nitrogens is 2. The number of nitriles is 1. The van der Waals surface area contributed by atoms with Gasteiger partial charge in [0, 0.05) is 17.4 Å². The Hall–Kier alpha value is -3.38. The van der Waals surface area contributed by atoms with Gasteiger partial charge in [-0.1, -0.05) is 29.8 Å². The molecule has 1 aromatic heterocycles. The average molecular weight is 553 g/mol. The van der Waals surface area contributed by atoms with Crippen LogP contribution in [0.5, 0.6) is 5.75 Å². The molecular formula is C27H22Cl2N4O3S. The van der Waals surface area contributed by atoms with Crippen molar-refractivity contribution in [1.82, 2.24) is 9.97 Å². The number of hydrogen-bond donors (Lipinski definition) is 1. The van der Waals surface area contributed by atoms with Crippen molar-refractivity contribution in [2.24, 2.45) is 0 Å². The van der Waals surface area contributed by atoms with Gasteiger partial charge >= 0.3 is 0 Å². The van der Waals surface area contributed by atoms with E-state index in [1.165, 1.54) is 6.20 Å². The first-order valence-corrected chi connectivity index (χ1v) is 13.9. The Kier molecular flexibility index (Phi) is 7.47. The molecule has 4 aromatic rings. The molecule has 188 valence electrons. The molecule has 0 N–H and O–H groups in total. The second kappa shape index (κ2) is 10.9. The highest BCUT2D eigenvalue weighted by atomic mass is 35.5. The van der Waals surface area contributed by atoms with Gasteiger partial charge in [0.05, 0.1) is 45.1 Å². The fourth-order valence-corrected chi connectivity index (χ4v) is 5.01. The first-order valence-electron chi connectivity index (χ1n) is 11.7. The maximum Gasteiger partial charge on any atom is 0.155 e. The zero-order valence-electron chi connectivity index (χ0n) is 19.6. The van der Waals surface area contributed by atoms with Crippen LogP contribution in [0.1, 0.15) is 24.1 Å². The molecule has 1 saturated carbocycles. The van der Waals surface area contributed by atoms with Crippen molar-refractivity contribution in [2.45, 2.75) is 24.6 Å². The summed E-state index contributed by atoms with van der Waals surface area (Å²) in [6.07, 6.45) is 3.61. The van der Waals surface area contributed by atoms with E-state index in [0.717, 1.165) is 35.3 Å². The normalized spacial score (nSPS) is 13.0. The number of benzene rings is 3. The minimum absolute atomic E-state index is 0.122. The Bertz CT molecular complexity index is 1570. The highest BCUT2D eigenvalue weighted by Gasteiger charge is 2.31. The number of ether oxygens (including phenoxy) is 1. The lowest BCUT2D eigenvalue weighted by Crippen LogP contribution is -2.19. The average Bonchev–Trinajstić information content (AvgIpc) is 3.73. The van der Waals surface area contributed by atoms with Crippen LogP contribution < -0.4 is 9.64 Å². The number of anilines is 2. The van der Waals surface area contributed by atoms with Crippen LogP contribution in [-0.4, -0.2) is 36.9 Å². The smallest absolute Gasteiger partial charge is 0.155 e. The third-order valence-electron chi connectivity index (χ3n) is 6.02. The van der Waals surface area contributed by atoms with Crippen molar-refractivity contribution in [3.63, 3.8) is 0 Å². The van der Waals surface area contributed by atoms with Gasteiger partial charge in [-0.15, -0.1) is 11.6 Å². The van der Waals surface area contributed by atoms with Crippen LogP contribution in [-0.2, 0) is 16.5 Å². The van der Waals surface area contributed by atoms with Gasteiger partial charge < -0.3 is 9.64 Å². The molecule has 0 unspecified atom stereocenters. The zero-order chi connectivity index (χ0) is 25.9. The number of thiol groups is 1. The van der Waals surface area contributed by atoms with E-state index >= 15 is 0 Å². The molecule has 1 heterocycles. The van der Waals surface area contributed by atoms with Crippen LogP contribution in [0.15, 0.2) is 60.8 Å². The van der Waals surface area contributed by atoms with Crippen LogP contribution in [0.2, 0.25) is 5.02 Å². The Morgan fingerprint density at radius 2 is 1.78 bits per heavy atom. The standard InChI is InChI=1S/C27H22Cl2N4O3S/c28-9-10-36-27-19(14-30)11-23(13-24(27)29)33(22-6-7-22)21-4-1-17(2-5-21)18-3-8-25-26(12-18)31-15-20(32-25)16-37(34)35/h1-5,8,11-13,15,22,37H,6-7,9-10,16H2. The van der Waals surface area contributed by atoms with Crippen LogP contribution in [0.3, 0.4) is 0 Å². The lowest BCUT2D eigenvalue weighted by atomic mass is 10.0. The lowest BCUT2D eigenvalue weighted by molar-refractivity contribution is 0.342. The van der Waals surface area contributed by atoms with Crippen LogP contribution in [0.25, 0.3) is 22.2 Å². The molecule has 0 atom stereocenters. The number of alkyl halides is 1. The predicted molar refractivity (Wildman–Crippen MR) is 147 cm³/mol. The van der Waals surface area contributed by atoms with Gasteiger partial charge in [-0.2, -0.15) is 5.26 Å². The van der Waals surface area contributed by atoms with Gasteiger partial charge in [0.2, 0.25) is 0 Å². The second-order valence-electron chi connectivity index (χ2n) is 8.66. The molecule has 0 aliphatic heterocycles. The molecule has 10 heteroatoms. The van der Waals surface area contributed by atoms with Gasteiger partial charge in [0.15, 0.2) is 5.75 Å². The summed E-state index contributed by atoms with van der Waals surface area (Å²) >= 11 is 12.2. The van der Waals surface area contributed by atoms with Crippen molar-refractivity contribution in [3.8, 4) is 22.9 Å². The number of nitrogens with zero attached hydrogens (tertiary/aromatic N) is 4. The summed E-state index contributed by atoms with van der Waals surface area (Å²) in [6.45, 7) is 0.270. The van der Waals surface area contributed by atoms with E-state index in [-0.39, 0.29) is 12.4 Å². The van der Waals surface area contributed by atoms with Gasteiger partial charge in [0.25, 0.3) is 0 Å². The molecule has 37 heavy (non-hydrogen) atoms. The highest BCUT2D eigenvalue weighted by molar-refractivity contribution is 7.71. The fraction of sp³-hybridized carbons (Fsp3) is 0.222. The molecule has 0 radical (unpaired) electrons. The minimum Gasteiger partial charge on any atom is -0.489 e. The molecule has 5 rings (SSSR count). The van der Waals surface area contributed by atoms with Crippen molar-refractivity contribution in [1.29, 1.82) is 5.26 Å². The van der Waals surface area contributed by atoms with E-state index in [1.54, 1.807) is 6.07 Å². The molecule has 1 aliphatic carbocycles. The van der Waals surface area contributed by atoms with Crippen LogP contribution in [0.4, 0.5) is 11.4 Å². The molecule has 1 fully saturated rings. The monoisotopic (exact) mass is 552 g/mol. The molecule has 0 spiro atoms. The Morgan fingerprint density at radius 3 is 2.46 bits per heavy atom. The summed E-state index contributed by atoms with van der Waals surface area (Å²) in [4.78, 5) is 11.0. The largest absolute Gasteiger partial charge is 0.489 e. The molecule has 3 aromatic carbocycles. The summed E-state index contributed by atoms with van der Waals surface area (Å²) in [7, 11) is -2.55.